The number of benzene rings is 2. The summed E-state index contributed by atoms with van der Waals surface area (Å²) in [4.78, 5) is 16.6. The van der Waals surface area contributed by atoms with Crippen LogP contribution in [0.15, 0.2) is 83.6 Å². The molecule has 2 atom stereocenters. The Morgan fingerprint density at radius 2 is 1.97 bits per heavy atom. The molecular weight excluding hydrogens is 481 g/mol. The van der Waals surface area contributed by atoms with Gasteiger partial charge < -0.3 is 24.5 Å². The minimum Gasteiger partial charge on any atom is -0.464 e. The summed E-state index contributed by atoms with van der Waals surface area (Å²) in [5.41, 5.74) is 3.84. The van der Waals surface area contributed by atoms with Crippen molar-refractivity contribution in [2.24, 2.45) is 0 Å². The van der Waals surface area contributed by atoms with Gasteiger partial charge in [0.05, 0.1) is 36.5 Å². The van der Waals surface area contributed by atoms with Crippen molar-refractivity contribution >= 4 is 24.2 Å². The zero-order valence-electron chi connectivity index (χ0n) is 20.6. The molecule has 2 aromatic carbocycles. The van der Waals surface area contributed by atoms with E-state index in [2.05, 4.69) is 28.2 Å². The number of alkyl carbamates (subject to hydrolysis) is 1. The number of carbonyl (C=O) groups excluding carboxylic acids is 1. The highest BCUT2D eigenvalue weighted by atomic mass is 16.5. The van der Waals surface area contributed by atoms with Gasteiger partial charge in [0, 0.05) is 30.0 Å². The summed E-state index contributed by atoms with van der Waals surface area (Å²) in [6.45, 7) is 0.0990. The minimum absolute atomic E-state index is 0.0990. The fraction of sp³-hybridized carbons (Fsp3) is 0.207. The number of furan rings is 1. The molecule has 8 nitrogen and oxygen atoms in total. The second-order valence-corrected chi connectivity index (χ2v) is 8.65. The molecule has 2 heterocycles. The zero-order valence-corrected chi connectivity index (χ0v) is 20.6. The first-order chi connectivity index (χ1) is 18.5. The Balaban J connectivity index is 1.27. The summed E-state index contributed by atoms with van der Waals surface area (Å²) in [5.74, 6) is 4.77. The molecule has 0 radical (unpaired) electrons. The van der Waals surface area contributed by atoms with E-state index in [1.807, 2.05) is 60.7 Å². The van der Waals surface area contributed by atoms with Crippen molar-refractivity contribution in [3.63, 3.8) is 0 Å². The summed E-state index contributed by atoms with van der Waals surface area (Å²) in [6, 6.07) is 22.6. The summed E-state index contributed by atoms with van der Waals surface area (Å²) >= 11 is 0. The lowest BCUT2D eigenvalue weighted by atomic mass is 9.76. The van der Waals surface area contributed by atoms with Gasteiger partial charge in [-0.2, -0.15) is 5.26 Å². The third kappa shape index (κ3) is 7.24. The van der Waals surface area contributed by atoms with Crippen molar-refractivity contribution in [3.05, 3.63) is 102 Å². The SMILES string of the molecule is N#CC(CC#Cc1cccc(CCOC(=O)N[C@@H](Cc2coc3ccccc23)B(O)O)c1)c1ccccn1. The van der Waals surface area contributed by atoms with E-state index < -0.39 is 25.1 Å². The Bertz CT molecular complexity index is 1470. The fourth-order valence-corrected chi connectivity index (χ4v) is 3.97. The molecule has 0 spiro atoms. The number of carbonyl (C=O) groups is 1. The van der Waals surface area contributed by atoms with Gasteiger partial charge in [0.2, 0.25) is 0 Å². The van der Waals surface area contributed by atoms with E-state index >= 15 is 0 Å². The molecule has 1 amide bonds. The van der Waals surface area contributed by atoms with Crippen molar-refractivity contribution in [1.29, 1.82) is 5.26 Å². The molecule has 0 fully saturated rings. The lowest BCUT2D eigenvalue weighted by Gasteiger charge is -2.17. The average molecular weight is 507 g/mol. The molecule has 2 aromatic heterocycles. The number of fused-ring (bicyclic) bond motifs is 1. The molecule has 1 unspecified atom stereocenters. The van der Waals surface area contributed by atoms with Gasteiger partial charge in [0.25, 0.3) is 0 Å². The Labute approximate surface area is 221 Å². The van der Waals surface area contributed by atoms with E-state index in [0.29, 0.717) is 24.1 Å². The zero-order chi connectivity index (χ0) is 26.7. The first kappa shape index (κ1) is 26.5. The maximum absolute atomic E-state index is 12.3. The third-order valence-corrected chi connectivity index (χ3v) is 5.95. The Morgan fingerprint density at radius 3 is 2.76 bits per heavy atom. The predicted molar refractivity (Wildman–Crippen MR) is 143 cm³/mol. The van der Waals surface area contributed by atoms with Crippen LogP contribution in [-0.2, 0) is 17.6 Å². The van der Waals surface area contributed by atoms with Crippen LogP contribution < -0.4 is 5.32 Å². The second kappa shape index (κ2) is 13.1. The molecule has 190 valence electrons. The number of hydrogen-bond acceptors (Lipinski definition) is 7. The van der Waals surface area contributed by atoms with Gasteiger partial charge in [-0.3, -0.25) is 4.98 Å². The van der Waals surface area contributed by atoms with E-state index in [4.69, 9.17) is 9.15 Å². The van der Waals surface area contributed by atoms with Crippen LogP contribution >= 0.6 is 0 Å². The number of nitriles is 1. The van der Waals surface area contributed by atoms with E-state index in [1.165, 1.54) is 0 Å². The highest BCUT2D eigenvalue weighted by molar-refractivity contribution is 6.43. The molecule has 0 aliphatic heterocycles. The number of aromatic nitrogens is 1. The van der Waals surface area contributed by atoms with Crippen LogP contribution in [0.3, 0.4) is 0 Å². The van der Waals surface area contributed by atoms with Crippen LogP contribution in [-0.4, -0.2) is 40.8 Å². The topological polar surface area (TPSA) is 129 Å². The first-order valence-corrected chi connectivity index (χ1v) is 12.2. The smallest absolute Gasteiger partial charge is 0.464 e. The number of hydrogen-bond donors (Lipinski definition) is 3. The molecular formula is C29H26BN3O5. The van der Waals surface area contributed by atoms with Crippen LogP contribution in [0, 0.1) is 23.2 Å². The minimum atomic E-state index is -1.77. The van der Waals surface area contributed by atoms with Crippen molar-refractivity contribution in [2.45, 2.75) is 31.1 Å². The fourth-order valence-electron chi connectivity index (χ4n) is 3.97. The van der Waals surface area contributed by atoms with Gasteiger partial charge in [0.1, 0.15) is 5.58 Å². The number of pyridine rings is 1. The normalized spacial score (nSPS) is 12.0. The molecule has 4 rings (SSSR count). The van der Waals surface area contributed by atoms with Gasteiger partial charge in [-0.15, -0.1) is 0 Å². The van der Waals surface area contributed by atoms with Crippen LogP contribution in [0.1, 0.15) is 34.7 Å². The maximum Gasteiger partial charge on any atom is 0.475 e. The van der Waals surface area contributed by atoms with Crippen LogP contribution in [0.2, 0.25) is 0 Å². The maximum atomic E-state index is 12.3. The van der Waals surface area contributed by atoms with Crippen LogP contribution in [0.4, 0.5) is 4.79 Å². The number of nitrogens with one attached hydrogen (secondary N) is 1. The van der Waals surface area contributed by atoms with Crippen LogP contribution in [0.5, 0.6) is 0 Å². The Kier molecular flexibility index (Phi) is 9.14. The lowest BCUT2D eigenvalue weighted by Crippen LogP contribution is -2.48. The van der Waals surface area contributed by atoms with E-state index in [1.54, 1.807) is 18.5 Å². The summed E-state index contributed by atoms with van der Waals surface area (Å²) in [7, 11) is -1.77. The second-order valence-electron chi connectivity index (χ2n) is 8.65. The number of ether oxygens (including phenoxy) is 1. The molecule has 0 aliphatic rings. The monoisotopic (exact) mass is 507 g/mol. The average Bonchev–Trinajstić information content (AvgIpc) is 3.34. The summed E-state index contributed by atoms with van der Waals surface area (Å²) < 4.78 is 10.8. The highest BCUT2D eigenvalue weighted by Gasteiger charge is 2.27. The molecule has 4 aromatic rings. The molecule has 0 saturated heterocycles. The predicted octanol–water partition coefficient (Wildman–Crippen LogP) is 3.77. The lowest BCUT2D eigenvalue weighted by molar-refractivity contribution is 0.144. The number of rotatable bonds is 9. The number of para-hydroxylation sites is 1. The Hall–Kier alpha value is -4.57. The summed E-state index contributed by atoms with van der Waals surface area (Å²) in [5, 5.41) is 32.3. The van der Waals surface area contributed by atoms with E-state index in [-0.39, 0.29) is 13.0 Å². The Morgan fingerprint density at radius 1 is 1.13 bits per heavy atom. The molecule has 0 saturated carbocycles. The van der Waals surface area contributed by atoms with Crippen molar-refractivity contribution < 1.29 is 24.0 Å². The van der Waals surface area contributed by atoms with E-state index in [9.17, 15) is 20.1 Å². The molecule has 38 heavy (non-hydrogen) atoms. The van der Waals surface area contributed by atoms with Gasteiger partial charge in [-0.1, -0.05) is 48.2 Å². The number of amides is 1. The van der Waals surface area contributed by atoms with Crippen LogP contribution in [0.25, 0.3) is 11.0 Å². The molecule has 0 aliphatic carbocycles. The van der Waals surface area contributed by atoms with E-state index in [0.717, 1.165) is 22.1 Å². The molecule has 3 N–H and O–H groups in total. The summed E-state index contributed by atoms with van der Waals surface area (Å²) in [6.07, 6.45) is 3.44. The van der Waals surface area contributed by atoms with Gasteiger partial charge in [0.15, 0.2) is 0 Å². The first-order valence-electron chi connectivity index (χ1n) is 12.2. The molecule has 0 bridgehead atoms. The van der Waals surface area contributed by atoms with Crippen molar-refractivity contribution in [2.75, 3.05) is 6.61 Å². The third-order valence-electron chi connectivity index (χ3n) is 5.95. The van der Waals surface area contributed by atoms with Crippen molar-refractivity contribution in [1.82, 2.24) is 10.3 Å². The highest BCUT2D eigenvalue weighted by Crippen LogP contribution is 2.22. The quantitative estimate of drug-likeness (QED) is 0.232. The molecule has 9 heteroatoms. The standard InChI is InChI=1S/C29H26BN3O5/c31-19-23(26-12-3-4-15-32-26)10-6-9-21-7-5-8-22(17-21)14-16-37-29(34)33-28(30(35)36)18-24-20-38-27-13-2-1-11-25(24)27/h1-5,7-8,11-13,15,17,20,23,28,35-36H,10,14,16,18H2,(H,33,34)/t23?,28-/m0/s1. The van der Waals surface area contributed by atoms with Crippen molar-refractivity contribution in [3.8, 4) is 17.9 Å². The van der Waals surface area contributed by atoms with Gasteiger partial charge >= 0.3 is 13.2 Å². The van der Waals surface area contributed by atoms with Gasteiger partial charge in [-0.25, -0.2) is 4.79 Å². The van der Waals surface area contributed by atoms with Gasteiger partial charge in [-0.05, 0) is 47.9 Å². The number of nitrogens with zero attached hydrogens (tertiary/aromatic N) is 2. The largest absolute Gasteiger partial charge is 0.475 e.